The van der Waals surface area contributed by atoms with Gasteiger partial charge in [-0.2, -0.15) is 0 Å². The Hall–Kier alpha value is -0.830. The fraction of sp³-hybridized carbons (Fsp3) is 0.727. The molecule has 1 atom stereocenters. The van der Waals surface area contributed by atoms with E-state index in [4.69, 9.17) is 5.73 Å². The van der Waals surface area contributed by atoms with Crippen LogP contribution in [0.25, 0.3) is 0 Å². The van der Waals surface area contributed by atoms with E-state index < -0.39 is 0 Å². The maximum atomic E-state index is 11.5. The first kappa shape index (κ1) is 13.2. The molecule has 0 saturated carbocycles. The molecule has 0 aromatic rings. The zero-order chi connectivity index (χ0) is 11.1. The van der Waals surface area contributed by atoms with Gasteiger partial charge in [-0.3, -0.25) is 4.79 Å². The lowest BCUT2D eigenvalue weighted by atomic mass is 10.1. The minimum absolute atomic E-state index is 0.175. The van der Waals surface area contributed by atoms with E-state index in [1.807, 2.05) is 20.9 Å². The van der Waals surface area contributed by atoms with Crippen molar-refractivity contribution in [3.63, 3.8) is 0 Å². The van der Waals surface area contributed by atoms with Crippen LogP contribution < -0.4 is 5.73 Å². The van der Waals surface area contributed by atoms with E-state index in [2.05, 4.69) is 6.58 Å². The first-order valence-electron chi connectivity index (χ1n) is 5.07. The van der Waals surface area contributed by atoms with Crippen molar-refractivity contribution in [1.29, 1.82) is 0 Å². The standard InChI is InChI=1S/C11H22N2O/c1-9(2)8-13(4)11(14)7-5-6-10(3)12/h10H,1,5-8,12H2,2-4H3. The normalized spacial score (nSPS) is 12.3. The zero-order valence-electron chi connectivity index (χ0n) is 9.55. The molecule has 3 heteroatoms. The van der Waals surface area contributed by atoms with Crippen molar-refractivity contribution >= 4 is 5.91 Å². The van der Waals surface area contributed by atoms with Crippen LogP contribution >= 0.6 is 0 Å². The molecule has 0 aromatic heterocycles. The van der Waals surface area contributed by atoms with Crippen LogP contribution in [0.2, 0.25) is 0 Å². The smallest absolute Gasteiger partial charge is 0.222 e. The number of rotatable bonds is 6. The van der Waals surface area contributed by atoms with Crippen LogP contribution in [0.5, 0.6) is 0 Å². The molecule has 2 N–H and O–H groups in total. The Balaban J connectivity index is 3.67. The van der Waals surface area contributed by atoms with Gasteiger partial charge >= 0.3 is 0 Å². The number of amides is 1. The summed E-state index contributed by atoms with van der Waals surface area (Å²) in [6, 6.07) is 0.189. The third-order valence-corrected chi connectivity index (χ3v) is 1.98. The summed E-state index contributed by atoms with van der Waals surface area (Å²) < 4.78 is 0. The fourth-order valence-corrected chi connectivity index (χ4v) is 1.26. The highest BCUT2D eigenvalue weighted by molar-refractivity contribution is 5.76. The highest BCUT2D eigenvalue weighted by Gasteiger charge is 2.08. The predicted molar refractivity (Wildman–Crippen MR) is 60.0 cm³/mol. The second-order valence-corrected chi connectivity index (χ2v) is 4.08. The Morgan fingerprint density at radius 1 is 1.57 bits per heavy atom. The molecule has 0 saturated heterocycles. The Bertz CT molecular complexity index is 199. The number of hydrogen-bond acceptors (Lipinski definition) is 2. The summed E-state index contributed by atoms with van der Waals surface area (Å²) in [5.74, 6) is 0.175. The summed E-state index contributed by atoms with van der Waals surface area (Å²) in [7, 11) is 1.81. The summed E-state index contributed by atoms with van der Waals surface area (Å²) in [5, 5.41) is 0. The lowest BCUT2D eigenvalue weighted by Crippen LogP contribution is -2.28. The van der Waals surface area contributed by atoms with Crippen LogP contribution in [0.1, 0.15) is 33.1 Å². The van der Waals surface area contributed by atoms with Crippen molar-refractivity contribution in [2.45, 2.75) is 39.2 Å². The van der Waals surface area contributed by atoms with Crippen LogP contribution in [0.4, 0.5) is 0 Å². The van der Waals surface area contributed by atoms with Crippen LogP contribution in [0.3, 0.4) is 0 Å². The average molecular weight is 198 g/mol. The number of hydrogen-bond donors (Lipinski definition) is 1. The van der Waals surface area contributed by atoms with E-state index in [1.54, 1.807) is 4.90 Å². The minimum Gasteiger partial charge on any atom is -0.342 e. The summed E-state index contributed by atoms with van der Waals surface area (Å²) in [6.07, 6.45) is 2.37. The molecule has 0 aliphatic rings. The largest absolute Gasteiger partial charge is 0.342 e. The highest BCUT2D eigenvalue weighted by Crippen LogP contribution is 2.02. The minimum atomic E-state index is 0.175. The highest BCUT2D eigenvalue weighted by atomic mass is 16.2. The third-order valence-electron chi connectivity index (χ3n) is 1.98. The predicted octanol–water partition coefficient (Wildman–Crippen LogP) is 1.54. The molecule has 0 radical (unpaired) electrons. The van der Waals surface area contributed by atoms with Crippen LogP contribution in [0, 0.1) is 0 Å². The molecule has 82 valence electrons. The average Bonchev–Trinajstić information content (AvgIpc) is 2.01. The molecule has 0 aromatic carbocycles. The first-order valence-corrected chi connectivity index (χ1v) is 5.07. The molecule has 0 heterocycles. The Morgan fingerprint density at radius 3 is 2.57 bits per heavy atom. The van der Waals surface area contributed by atoms with Gasteiger partial charge in [0.15, 0.2) is 0 Å². The first-order chi connectivity index (χ1) is 6.43. The van der Waals surface area contributed by atoms with Gasteiger partial charge in [0.2, 0.25) is 5.91 Å². The lowest BCUT2D eigenvalue weighted by molar-refractivity contribution is -0.129. The van der Waals surface area contributed by atoms with Gasteiger partial charge in [0.05, 0.1) is 0 Å². The SMILES string of the molecule is C=C(C)CN(C)C(=O)CCCC(C)N. The number of nitrogens with zero attached hydrogens (tertiary/aromatic N) is 1. The fourth-order valence-electron chi connectivity index (χ4n) is 1.26. The van der Waals surface area contributed by atoms with Crippen LogP contribution in [-0.2, 0) is 4.79 Å². The van der Waals surface area contributed by atoms with Gasteiger partial charge in [-0.05, 0) is 26.7 Å². The molecular formula is C11H22N2O. The molecule has 1 amide bonds. The van der Waals surface area contributed by atoms with Crippen LogP contribution in [0.15, 0.2) is 12.2 Å². The molecule has 0 fully saturated rings. The summed E-state index contributed by atoms with van der Waals surface area (Å²) in [5.41, 5.74) is 6.60. The molecule has 1 unspecified atom stereocenters. The van der Waals surface area contributed by atoms with Gasteiger partial charge in [0.25, 0.3) is 0 Å². The van der Waals surface area contributed by atoms with Crippen molar-refractivity contribution in [2.24, 2.45) is 5.73 Å². The monoisotopic (exact) mass is 198 g/mol. The number of carbonyl (C=O) groups is 1. The number of likely N-dealkylation sites (N-methyl/N-ethyl adjacent to an activating group) is 1. The summed E-state index contributed by atoms with van der Waals surface area (Å²) in [6.45, 7) is 8.30. The second kappa shape index (κ2) is 6.60. The van der Waals surface area contributed by atoms with E-state index in [0.717, 1.165) is 18.4 Å². The molecule has 0 rings (SSSR count). The number of nitrogens with two attached hydrogens (primary N) is 1. The van der Waals surface area contributed by atoms with Crippen molar-refractivity contribution in [2.75, 3.05) is 13.6 Å². The van der Waals surface area contributed by atoms with Gasteiger partial charge in [0, 0.05) is 26.1 Å². The van der Waals surface area contributed by atoms with Gasteiger partial charge < -0.3 is 10.6 Å². The molecule has 0 spiro atoms. The molecule has 3 nitrogen and oxygen atoms in total. The quantitative estimate of drug-likeness (QED) is 0.658. The van der Waals surface area contributed by atoms with Crippen molar-refractivity contribution in [3.8, 4) is 0 Å². The van der Waals surface area contributed by atoms with Crippen LogP contribution in [-0.4, -0.2) is 30.4 Å². The number of carbonyl (C=O) groups excluding carboxylic acids is 1. The Labute approximate surface area is 87.0 Å². The second-order valence-electron chi connectivity index (χ2n) is 4.08. The van der Waals surface area contributed by atoms with Gasteiger partial charge in [0.1, 0.15) is 0 Å². The van der Waals surface area contributed by atoms with Gasteiger partial charge in [-0.15, -0.1) is 0 Å². The maximum Gasteiger partial charge on any atom is 0.222 e. The zero-order valence-corrected chi connectivity index (χ0v) is 9.55. The van der Waals surface area contributed by atoms with E-state index >= 15 is 0 Å². The van der Waals surface area contributed by atoms with E-state index in [1.165, 1.54) is 0 Å². The lowest BCUT2D eigenvalue weighted by Gasteiger charge is -2.17. The van der Waals surface area contributed by atoms with Crippen molar-refractivity contribution in [3.05, 3.63) is 12.2 Å². The molecular weight excluding hydrogens is 176 g/mol. The summed E-state index contributed by atoms with van der Waals surface area (Å²) >= 11 is 0. The summed E-state index contributed by atoms with van der Waals surface area (Å²) in [4.78, 5) is 13.2. The Morgan fingerprint density at radius 2 is 2.14 bits per heavy atom. The van der Waals surface area contributed by atoms with E-state index in [-0.39, 0.29) is 11.9 Å². The topological polar surface area (TPSA) is 46.3 Å². The van der Waals surface area contributed by atoms with Crippen molar-refractivity contribution < 1.29 is 4.79 Å². The Kier molecular flexibility index (Phi) is 6.21. The van der Waals surface area contributed by atoms with Gasteiger partial charge in [-0.1, -0.05) is 12.2 Å². The third kappa shape index (κ3) is 6.66. The van der Waals surface area contributed by atoms with Gasteiger partial charge in [-0.25, -0.2) is 0 Å². The molecule has 0 aliphatic carbocycles. The molecule has 0 aliphatic heterocycles. The molecule has 0 bridgehead atoms. The van der Waals surface area contributed by atoms with E-state index in [0.29, 0.717) is 13.0 Å². The van der Waals surface area contributed by atoms with E-state index in [9.17, 15) is 4.79 Å². The molecule has 14 heavy (non-hydrogen) atoms. The maximum absolute atomic E-state index is 11.5. The van der Waals surface area contributed by atoms with Crippen molar-refractivity contribution in [1.82, 2.24) is 4.90 Å².